The minimum Gasteiger partial charge on any atom is -0.417 e. The first-order chi connectivity index (χ1) is 16.6. The van der Waals surface area contributed by atoms with E-state index in [0.29, 0.717) is 26.1 Å². The van der Waals surface area contributed by atoms with Crippen LogP contribution in [0.5, 0.6) is 0 Å². The number of benzene rings is 2. The molecule has 0 fully saturated rings. The molecule has 0 saturated carbocycles. The Morgan fingerprint density at radius 3 is 1.86 bits per heavy atom. The number of rotatable bonds is 15. The molecule has 0 spiro atoms. The average Bonchev–Trinajstić information content (AvgIpc) is 2.83. The molecule has 0 aliphatic rings. The van der Waals surface area contributed by atoms with Gasteiger partial charge in [0.2, 0.25) is 0 Å². The van der Waals surface area contributed by atoms with Crippen molar-refractivity contribution in [2.24, 2.45) is 0 Å². The van der Waals surface area contributed by atoms with Crippen molar-refractivity contribution in [3.8, 4) is 0 Å². The highest BCUT2D eigenvalue weighted by atomic mass is 28.4. The lowest BCUT2D eigenvalue weighted by Gasteiger charge is -2.40. The van der Waals surface area contributed by atoms with E-state index in [4.69, 9.17) is 13.9 Å². The summed E-state index contributed by atoms with van der Waals surface area (Å²) in [5.41, 5.74) is 2.34. The molecule has 0 aliphatic carbocycles. The number of hydrogen-bond acceptors (Lipinski definition) is 6. The van der Waals surface area contributed by atoms with Gasteiger partial charge in [-0.3, -0.25) is 4.90 Å². The van der Waals surface area contributed by atoms with Crippen molar-refractivity contribution in [1.29, 1.82) is 0 Å². The Bertz CT molecular complexity index is 787. The molecule has 0 radical (unpaired) electrons. The van der Waals surface area contributed by atoms with Gasteiger partial charge in [-0.2, -0.15) is 0 Å². The quantitative estimate of drug-likeness (QED) is 0.268. The summed E-state index contributed by atoms with van der Waals surface area (Å²) in [5, 5.41) is 20.8. The van der Waals surface area contributed by atoms with Gasteiger partial charge in [0, 0.05) is 32.8 Å². The Labute approximate surface area is 213 Å². The van der Waals surface area contributed by atoms with Crippen molar-refractivity contribution in [1.82, 2.24) is 4.90 Å². The van der Waals surface area contributed by atoms with Crippen LogP contribution in [-0.2, 0) is 27.0 Å². The van der Waals surface area contributed by atoms with Crippen LogP contribution in [0.25, 0.3) is 0 Å². The second-order valence-corrected chi connectivity index (χ2v) is 15.4. The Balaban J connectivity index is 2.39. The molecule has 0 bridgehead atoms. The van der Waals surface area contributed by atoms with Crippen molar-refractivity contribution < 1.29 is 24.1 Å². The van der Waals surface area contributed by atoms with Crippen LogP contribution in [0.4, 0.5) is 0 Å². The normalized spacial score (nSPS) is 15.2. The molecule has 3 atom stereocenters. The van der Waals surface area contributed by atoms with Gasteiger partial charge in [-0.15, -0.1) is 0 Å². The van der Waals surface area contributed by atoms with Gasteiger partial charge in [0.25, 0.3) is 0 Å². The molecule has 2 rings (SSSR count). The molecule has 196 valence electrons. The van der Waals surface area contributed by atoms with Crippen LogP contribution >= 0.6 is 0 Å². The average molecular weight is 504 g/mol. The summed E-state index contributed by atoms with van der Waals surface area (Å²) in [5.74, 6) is 0. The van der Waals surface area contributed by atoms with Crippen LogP contribution in [0.2, 0.25) is 18.1 Å². The van der Waals surface area contributed by atoms with E-state index in [0.717, 1.165) is 0 Å². The van der Waals surface area contributed by atoms with Crippen LogP contribution in [0.3, 0.4) is 0 Å². The zero-order chi connectivity index (χ0) is 25.9. The largest absolute Gasteiger partial charge is 0.417 e. The number of ether oxygens (including phenoxy) is 2. The molecule has 2 N–H and O–H groups in total. The van der Waals surface area contributed by atoms with E-state index < -0.39 is 27.1 Å². The van der Waals surface area contributed by atoms with Crippen molar-refractivity contribution in [2.45, 2.75) is 76.7 Å². The maximum Gasteiger partial charge on any atom is 0.191 e. The van der Waals surface area contributed by atoms with E-state index in [1.807, 2.05) is 36.4 Å². The second kappa shape index (κ2) is 14.2. The molecule has 6 nitrogen and oxygen atoms in total. The van der Waals surface area contributed by atoms with Crippen molar-refractivity contribution in [3.05, 3.63) is 71.8 Å². The number of hydrogen-bond donors (Lipinski definition) is 2. The lowest BCUT2D eigenvalue weighted by molar-refractivity contribution is -0.151. The van der Waals surface area contributed by atoms with Crippen LogP contribution in [-0.4, -0.2) is 68.8 Å². The van der Waals surface area contributed by atoms with Crippen LogP contribution in [0.1, 0.15) is 38.3 Å². The minimum absolute atomic E-state index is 0.0336. The monoisotopic (exact) mass is 503 g/mol. The molecule has 0 heterocycles. The summed E-state index contributed by atoms with van der Waals surface area (Å²) in [6.07, 6.45) is -1.04. The third kappa shape index (κ3) is 9.42. The summed E-state index contributed by atoms with van der Waals surface area (Å²) >= 11 is 0. The lowest BCUT2D eigenvalue weighted by atomic mass is 9.99. The molecular formula is C28H45NO5Si. The third-order valence-electron chi connectivity index (χ3n) is 6.93. The zero-order valence-corrected chi connectivity index (χ0v) is 23.3. The van der Waals surface area contributed by atoms with Crippen LogP contribution < -0.4 is 0 Å². The molecule has 0 aromatic heterocycles. The van der Waals surface area contributed by atoms with Crippen molar-refractivity contribution in [2.75, 3.05) is 27.1 Å². The maximum absolute atomic E-state index is 10.8. The number of methoxy groups -OCH3 is 1. The van der Waals surface area contributed by atoms with Crippen molar-refractivity contribution in [3.63, 3.8) is 0 Å². The standard InChI is InChI=1S/C28H45NO5Si/c1-28(2,3)35(5,6)34-18-17-25(27(26(31)21-30)33-22-32-4)29(19-23-13-9-7-10-14-23)20-24-15-11-8-12-16-24/h7-16,25-27,30-31H,17-22H2,1-6H3/t25-,26?,27-/m1/s1. The van der Waals surface area contributed by atoms with E-state index in [2.05, 4.69) is 63.0 Å². The molecular weight excluding hydrogens is 458 g/mol. The van der Waals surface area contributed by atoms with E-state index in [-0.39, 0.29) is 17.9 Å². The lowest BCUT2D eigenvalue weighted by Crippen LogP contribution is -2.52. The predicted octanol–water partition coefficient (Wildman–Crippen LogP) is 4.81. The fourth-order valence-electron chi connectivity index (χ4n) is 3.86. The fraction of sp³-hybridized carbons (Fsp3) is 0.571. The summed E-state index contributed by atoms with van der Waals surface area (Å²) in [7, 11) is -0.387. The van der Waals surface area contributed by atoms with Crippen LogP contribution in [0, 0.1) is 0 Å². The maximum atomic E-state index is 10.8. The fourth-order valence-corrected chi connectivity index (χ4v) is 4.92. The zero-order valence-electron chi connectivity index (χ0n) is 22.3. The Hall–Kier alpha value is -1.58. The molecule has 0 amide bonds. The first-order valence-electron chi connectivity index (χ1n) is 12.4. The molecule has 0 saturated heterocycles. The Morgan fingerprint density at radius 2 is 1.43 bits per heavy atom. The first-order valence-corrected chi connectivity index (χ1v) is 15.3. The van der Waals surface area contributed by atoms with Gasteiger partial charge in [0.1, 0.15) is 19.0 Å². The van der Waals surface area contributed by atoms with Gasteiger partial charge >= 0.3 is 0 Å². The smallest absolute Gasteiger partial charge is 0.191 e. The first kappa shape index (κ1) is 29.6. The summed E-state index contributed by atoms with van der Waals surface area (Å²) in [6.45, 7) is 12.7. The minimum atomic E-state index is -1.95. The topological polar surface area (TPSA) is 71.4 Å². The Morgan fingerprint density at radius 1 is 0.914 bits per heavy atom. The molecule has 2 aromatic carbocycles. The van der Waals surface area contributed by atoms with E-state index in [9.17, 15) is 10.2 Å². The number of aliphatic hydroxyl groups is 2. The van der Waals surface area contributed by atoms with E-state index >= 15 is 0 Å². The van der Waals surface area contributed by atoms with Gasteiger partial charge in [-0.25, -0.2) is 0 Å². The highest BCUT2D eigenvalue weighted by Gasteiger charge is 2.38. The van der Waals surface area contributed by atoms with Gasteiger partial charge in [0.15, 0.2) is 8.32 Å². The summed E-state index contributed by atoms with van der Waals surface area (Å²) < 4.78 is 17.7. The second-order valence-electron chi connectivity index (χ2n) is 10.6. The van der Waals surface area contributed by atoms with Gasteiger partial charge in [-0.1, -0.05) is 81.4 Å². The SMILES string of the molecule is COCO[C@@H](C(O)CO)[C@@H](CCO[Si](C)(C)C(C)(C)C)N(Cc1ccccc1)Cc1ccccc1. The highest BCUT2D eigenvalue weighted by molar-refractivity contribution is 6.74. The number of nitrogens with zero attached hydrogens (tertiary/aromatic N) is 1. The van der Waals surface area contributed by atoms with Gasteiger partial charge in [0.05, 0.1) is 6.61 Å². The Kier molecular flexibility index (Phi) is 12.1. The van der Waals surface area contributed by atoms with Crippen LogP contribution in [0.15, 0.2) is 60.7 Å². The molecule has 1 unspecified atom stereocenters. The van der Waals surface area contributed by atoms with Crippen molar-refractivity contribution >= 4 is 8.32 Å². The van der Waals surface area contributed by atoms with Gasteiger partial charge < -0.3 is 24.1 Å². The molecule has 0 aliphatic heterocycles. The summed E-state index contributed by atoms with van der Waals surface area (Å²) in [6, 6.07) is 20.4. The molecule has 2 aromatic rings. The highest BCUT2D eigenvalue weighted by Crippen LogP contribution is 2.37. The van der Waals surface area contributed by atoms with E-state index in [1.165, 1.54) is 11.1 Å². The van der Waals surface area contributed by atoms with E-state index in [1.54, 1.807) is 7.11 Å². The predicted molar refractivity (Wildman–Crippen MR) is 144 cm³/mol. The number of aliphatic hydroxyl groups excluding tert-OH is 2. The molecule has 7 heteroatoms. The van der Waals surface area contributed by atoms with Gasteiger partial charge in [-0.05, 0) is 35.7 Å². The third-order valence-corrected chi connectivity index (χ3v) is 11.5. The molecule has 35 heavy (non-hydrogen) atoms. The summed E-state index contributed by atoms with van der Waals surface area (Å²) in [4.78, 5) is 2.32.